The van der Waals surface area contributed by atoms with E-state index >= 15 is 0 Å². The molecule has 1 aromatic rings. The first-order valence-electron chi connectivity index (χ1n) is 5.61. The van der Waals surface area contributed by atoms with Gasteiger partial charge in [-0.05, 0) is 11.6 Å². The second kappa shape index (κ2) is 7.06. The van der Waals surface area contributed by atoms with Gasteiger partial charge in [-0.25, -0.2) is 4.39 Å². The number of rotatable bonds is 3. The third-order valence-electron chi connectivity index (χ3n) is 2.85. The van der Waals surface area contributed by atoms with Crippen molar-refractivity contribution < 1.29 is 19.2 Å². The summed E-state index contributed by atoms with van der Waals surface area (Å²) in [5.74, 6) is -0.578. The van der Waals surface area contributed by atoms with Crippen LogP contribution in [0.4, 0.5) is 4.39 Å². The molecule has 0 amide bonds. The molecule has 7 heteroatoms. The van der Waals surface area contributed by atoms with Gasteiger partial charge in [0.15, 0.2) is 0 Å². The highest BCUT2D eigenvalue weighted by atomic mass is 35.5. The molecule has 1 aromatic carbocycles. The maximum atomic E-state index is 13.5. The predicted molar refractivity (Wildman–Crippen MR) is 69.6 cm³/mol. The number of hydrogen-bond acceptors (Lipinski definition) is 4. The Morgan fingerprint density at radius 3 is 2.50 bits per heavy atom. The molecule has 0 radical (unpaired) electrons. The van der Waals surface area contributed by atoms with E-state index in [2.05, 4.69) is 4.90 Å². The smallest absolute Gasteiger partial charge is 0.423 e. The highest BCUT2D eigenvalue weighted by Crippen LogP contribution is 2.08. The summed E-state index contributed by atoms with van der Waals surface area (Å²) in [4.78, 5) is 2.17. The summed E-state index contributed by atoms with van der Waals surface area (Å²) >= 11 is 0. The molecule has 0 aromatic heterocycles. The van der Waals surface area contributed by atoms with Gasteiger partial charge in [-0.1, -0.05) is 12.1 Å². The number of morpholine rings is 1. The van der Waals surface area contributed by atoms with Crippen molar-refractivity contribution in [3.05, 3.63) is 29.6 Å². The Kier molecular flexibility index (Phi) is 6.04. The summed E-state index contributed by atoms with van der Waals surface area (Å²) in [6.07, 6.45) is 0. The molecule has 0 spiro atoms. The monoisotopic (exact) mass is 275 g/mol. The average molecular weight is 276 g/mol. The molecule has 2 rings (SSSR count). The molecule has 4 nitrogen and oxygen atoms in total. The lowest BCUT2D eigenvalue weighted by molar-refractivity contribution is 0.0341. The minimum absolute atomic E-state index is 0. The van der Waals surface area contributed by atoms with E-state index in [0.717, 1.165) is 18.7 Å². The molecule has 0 saturated carbocycles. The quantitative estimate of drug-likeness (QED) is 0.748. The highest BCUT2D eigenvalue weighted by Gasteiger charge is 2.17. The SMILES string of the molecule is Cl.OB(O)c1ccc(CN2CCOCC2)cc1F. The van der Waals surface area contributed by atoms with Crippen LogP contribution in [0.25, 0.3) is 0 Å². The Balaban J connectivity index is 0.00000162. The normalized spacial score (nSPS) is 16.2. The molecule has 1 aliphatic heterocycles. The number of halogens is 2. The molecule has 100 valence electrons. The summed E-state index contributed by atoms with van der Waals surface area (Å²) in [6, 6.07) is 4.48. The van der Waals surface area contributed by atoms with Crippen molar-refractivity contribution in [3.63, 3.8) is 0 Å². The van der Waals surface area contributed by atoms with Crippen LogP contribution in [0.1, 0.15) is 5.56 Å². The number of ether oxygens (including phenoxy) is 1. The zero-order valence-corrected chi connectivity index (χ0v) is 10.7. The molecule has 18 heavy (non-hydrogen) atoms. The molecule has 2 N–H and O–H groups in total. The Hall–Kier alpha value is -0.655. The largest absolute Gasteiger partial charge is 0.491 e. The van der Waals surface area contributed by atoms with Crippen molar-refractivity contribution in [2.75, 3.05) is 26.3 Å². The summed E-state index contributed by atoms with van der Waals surface area (Å²) < 4.78 is 18.7. The fraction of sp³-hybridized carbons (Fsp3) is 0.455. The van der Waals surface area contributed by atoms with Crippen molar-refractivity contribution in [3.8, 4) is 0 Å². The lowest BCUT2D eigenvalue weighted by Crippen LogP contribution is -2.36. The fourth-order valence-corrected chi connectivity index (χ4v) is 1.90. The van der Waals surface area contributed by atoms with E-state index in [1.165, 1.54) is 12.1 Å². The Morgan fingerprint density at radius 1 is 1.28 bits per heavy atom. The lowest BCUT2D eigenvalue weighted by atomic mass is 9.79. The van der Waals surface area contributed by atoms with E-state index in [0.29, 0.717) is 19.8 Å². The zero-order valence-electron chi connectivity index (χ0n) is 9.88. The van der Waals surface area contributed by atoms with Gasteiger partial charge in [0.25, 0.3) is 0 Å². The van der Waals surface area contributed by atoms with Gasteiger partial charge in [-0.2, -0.15) is 0 Å². The molecular formula is C11H16BClFNO3. The second-order valence-electron chi connectivity index (χ2n) is 4.12. The molecular weight excluding hydrogens is 259 g/mol. The summed E-state index contributed by atoms with van der Waals surface area (Å²) in [6.45, 7) is 3.74. The van der Waals surface area contributed by atoms with E-state index < -0.39 is 12.9 Å². The Morgan fingerprint density at radius 2 is 1.94 bits per heavy atom. The minimum atomic E-state index is -1.76. The van der Waals surface area contributed by atoms with E-state index in [9.17, 15) is 4.39 Å². The summed E-state index contributed by atoms with van der Waals surface area (Å²) in [5, 5.41) is 17.8. The first-order chi connectivity index (χ1) is 8.16. The van der Waals surface area contributed by atoms with Crippen LogP contribution in [0.15, 0.2) is 18.2 Å². The van der Waals surface area contributed by atoms with Crippen LogP contribution in [0.2, 0.25) is 0 Å². The van der Waals surface area contributed by atoms with Gasteiger partial charge < -0.3 is 14.8 Å². The molecule has 1 aliphatic rings. The van der Waals surface area contributed by atoms with Gasteiger partial charge >= 0.3 is 7.12 Å². The van der Waals surface area contributed by atoms with Crippen LogP contribution < -0.4 is 5.46 Å². The molecule has 1 saturated heterocycles. The van der Waals surface area contributed by atoms with Crippen molar-refractivity contribution in [2.24, 2.45) is 0 Å². The standard InChI is InChI=1S/C11H15BFNO3.ClH/c13-11-7-9(1-2-10(11)12(15)16)8-14-3-5-17-6-4-14;/h1-2,7,15-16H,3-6,8H2;1H. The van der Waals surface area contributed by atoms with Crippen LogP contribution >= 0.6 is 12.4 Å². The molecule has 0 aliphatic carbocycles. The molecule has 1 fully saturated rings. The molecule has 0 unspecified atom stereocenters. The molecule has 1 heterocycles. The first-order valence-corrected chi connectivity index (χ1v) is 5.61. The van der Waals surface area contributed by atoms with Crippen molar-refractivity contribution >= 4 is 25.0 Å². The third-order valence-corrected chi connectivity index (χ3v) is 2.85. The maximum Gasteiger partial charge on any atom is 0.491 e. The topological polar surface area (TPSA) is 52.9 Å². The zero-order chi connectivity index (χ0) is 12.3. The van der Waals surface area contributed by atoms with Crippen LogP contribution in [-0.4, -0.2) is 48.4 Å². The number of hydrogen-bond donors (Lipinski definition) is 2. The van der Waals surface area contributed by atoms with Crippen molar-refractivity contribution in [2.45, 2.75) is 6.54 Å². The number of nitrogens with zero attached hydrogens (tertiary/aromatic N) is 1. The first kappa shape index (κ1) is 15.4. The van der Waals surface area contributed by atoms with Crippen LogP contribution in [0.3, 0.4) is 0 Å². The van der Waals surface area contributed by atoms with E-state index in [1.807, 2.05) is 0 Å². The van der Waals surface area contributed by atoms with Gasteiger partial charge in [0.1, 0.15) is 5.82 Å². The second-order valence-corrected chi connectivity index (χ2v) is 4.12. The van der Waals surface area contributed by atoms with Crippen molar-refractivity contribution in [1.82, 2.24) is 4.90 Å². The predicted octanol–water partition coefficient (Wildman–Crippen LogP) is -0.241. The number of benzene rings is 1. The van der Waals surface area contributed by atoms with Crippen LogP contribution in [0.5, 0.6) is 0 Å². The Labute approximate surface area is 112 Å². The third kappa shape index (κ3) is 3.93. The van der Waals surface area contributed by atoms with Gasteiger partial charge in [0.2, 0.25) is 0 Å². The molecule has 0 atom stereocenters. The van der Waals surface area contributed by atoms with Crippen molar-refractivity contribution in [1.29, 1.82) is 0 Å². The van der Waals surface area contributed by atoms with E-state index in [-0.39, 0.29) is 17.9 Å². The van der Waals surface area contributed by atoms with Crippen LogP contribution in [0, 0.1) is 5.82 Å². The highest BCUT2D eigenvalue weighted by molar-refractivity contribution is 6.58. The minimum Gasteiger partial charge on any atom is -0.423 e. The Bertz CT molecular complexity index is 389. The van der Waals surface area contributed by atoms with E-state index in [1.54, 1.807) is 6.07 Å². The average Bonchev–Trinajstić information content (AvgIpc) is 2.30. The van der Waals surface area contributed by atoms with Crippen LogP contribution in [-0.2, 0) is 11.3 Å². The van der Waals surface area contributed by atoms with Gasteiger partial charge in [0.05, 0.1) is 13.2 Å². The lowest BCUT2D eigenvalue weighted by Gasteiger charge is -2.26. The molecule has 0 bridgehead atoms. The van der Waals surface area contributed by atoms with Gasteiger partial charge in [-0.15, -0.1) is 12.4 Å². The summed E-state index contributed by atoms with van der Waals surface area (Å²) in [7, 11) is -1.76. The van der Waals surface area contributed by atoms with Gasteiger partial charge in [-0.3, -0.25) is 4.90 Å². The maximum absolute atomic E-state index is 13.5. The fourth-order valence-electron chi connectivity index (χ4n) is 1.90. The van der Waals surface area contributed by atoms with Gasteiger partial charge in [0, 0.05) is 25.1 Å². The summed E-state index contributed by atoms with van der Waals surface area (Å²) in [5.41, 5.74) is 0.740. The van der Waals surface area contributed by atoms with E-state index in [4.69, 9.17) is 14.8 Å².